The quantitative estimate of drug-likeness (QED) is 0.226. The maximum absolute atomic E-state index is 14.1. The van der Waals surface area contributed by atoms with Crippen molar-refractivity contribution in [1.82, 2.24) is 19.8 Å². The van der Waals surface area contributed by atoms with E-state index in [-0.39, 0.29) is 36.1 Å². The lowest BCUT2D eigenvalue weighted by atomic mass is 9.96. The topological polar surface area (TPSA) is 78.4 Å². The van der Waals surface area contributed by atoms with Crippen LogP contribution in [0.3, 0.4) is 0 Å². The first-order valence-electron chi connectivity index (χ1n) is 14.5. The fourth-order valence-corrected chi connectivity index (χ4v) is 6.18. The second kappa shape index (κ2) is 12.1. The Balaban J connectivity index is 1.17. The number of anilines is 1. The monoisotopic (exact) mass is 607 g/mol. The van der Waals surface area contributed by atoms with Crippen molar-refractivity contribution in [3.8, 4) is 11.1 Å². The molecule has 6 rings (SSSR count). The maximum Gasteiger partial charge on any atom is 0.416 e. The van der Waals surface area contributed by atoms with Gasteiger partial charge in [-0.05, 0) is 54.3 Å². The van der Waals surface area contributed by atoms with E-state index in [9.17, 15) is 22.8 Å². The van der Waals surface area contributed by atoms with E-state index in [1.165, 1.54) is 17.4 Å². The van der Waals surface area contributed by atoms with Crippen LogP contribution in [0.2, 0.25) is 0 Å². The number of rotatable bonds is 9. The zero-order valence-corrected chi connectivity index (χ0v) is 24.6. The number of carbonyl (C=O) groups is 2. The summed E-state index contributed by atoms with van der Waals surface area (Å²) in [6, 6.07) is 13.1. The van der Waals surface area contributed by atoms with Gasteiger partial charge in [-0.3, -0.25) is 14.5 Å². The van der Waals surface area contributed by atoms with Gasteiger partial charge in [-0.25, -0.2) is 9.97 Å². The van der Waals surface area contributed by atoms with Crippen LogP contribution in [0.25, 0.3) is 21.5 Å². The number of aromatic nitrogens is 2. The number of piperazine rings is 1. The van der Waals surface area contributed by atoms with Crippen LogP contribution in [-0.4, -0.2) is 64.2 Å². The Morgan fingerprint density at radius 3 is 2.49 bits per heavy atom. The molecule has 1 amide bonds. The molecule has 1 aliphatic carbocycles. The van der Waals surface area contributed by atoms with Crippen LogP contribution < -0.4 is 5.32 Å². The normalized spacial score (nSPS) is 16.5. The highest BCUT2D eigenvalue weighted by Gasteiger charge is 2.34. The molecule has 11 heteroatoms. The lowest BCUT2D eigenvalue weighted by Crippen LogP contribution is -2.45. The highest BCUT2D eigenvalue weighted by atomic mass is 32.1. The molecule has 0 atom stereocenters. The third-order valence-electron chi connectivity index (χ3n) is 8.09. The van der Waals surface area contributed by atoms with Gasteiger partial charge >= 0.3 is 6.18 Å². The Labute approximate surface area is 251 Å². The predicted octanol–water partition coefficient (Wildman–Crippen LogP) is 6.29. The average Bonchev–Trinajstić information content (AvgIpc) is 3.78. The molecule has 1 saturated heterocycles. The van der Waals surface area contributed by atoms with Gasteiger partial charge in [0, 0.05) is 62.4 Å². The van der Waals surface area contributed by atoms with Gasteiger partial charge in [0.15, 0.2) is 10.9 Å². The minimum atomic E-state index is -4.51. The Bertz CT molecular complexity index is 1660. The number of nitrogens with zero attached hydrogens (tertiary/aromatic N) is 4. The number of alkyl halides is 3. The van der Waals surface area contributed by atoms with E-state index in [0.717, 1.165) is 62.8 Å². The number of halogens is 3. The first kappa shape index (κ1) is 29.4. The zero-order valence-electron chi connectivity index (χ0n) is 23.8. The van der Waals surface area contributed by atoms with Crippen molar-refractivity contribution in [2.75, 3.05) is 38.0 Å². The summed E-state index contributed by atoms with van der Waals surface area (Å²) in [6.07, 6.45) is -1.16. The predicted molar refractivity (Wildman–Crippen MR) is 161 cm³/mol. The van der Waals surface area contributed by atoms with Gasteiger partial charge in [0.2, 0.25) is 5.91 Å². The number of pyridine rings is 1. The van der Waals surface area contributed by atoms with Gasteiger partial charge in [0.05, 0.1) is 5.56 Å². The lowest BCUT2D eigenvalue weighted by Gasteiger charge is -2.34. The molecule has 1 saturated carbocycles. The van der Waals surface area contributed by atoms with Crippen LogP contribution in [0, 0.1) is 5.92 Å². The number of benzene rings is 2. The van der Waals surface area contributed by atoms with Crippen molar-refractivity contribution >= 4 is 38.5 Å². The molecular formula is C32H32F3N5O2S. The summed E-state index contributed by atoms with van der Waals surface area (Å²) in [5, 5.41) is 3.35. The summed E-state index contributed by atoms with van der Waals surface area (Å²) in [5.41, 5.74) is 2.41. The largest absolute Gasteiger partial charge is 0.416 e. The average molecular weight is 608 g/mol. The number of hydrogen-bond acceptors (Lipinski definition) is 7. The van der Waals surface area contributed by atoms with Crippen LogP contribution in [0.1, 0.15) is 46.8 Å². The molecule has 1 aliphatic heterocycles. The van der Waals surface area contributed by atoms with Crippen molar-refractivity contribution in [2.45, 2.75) is 38.9 Å². The molecule has 3 heterocycles. The summed E-state index contributed by atoms with van der Waals surface area (Å²) < 4.78 is 42.2. The second-order valence-corrected chi connectivity index (χ2v) is 12.2. The number of amides is 1. The first-order valence-corrected chi connectivity index (χ1v) is 15.3. The molecule has 2 aromatic heterocycles. The van der Waals surface area contributed by atoms with E-state index in [0.29, 0.717) is 26.6 Å². The molecule has 0 radical (unpaired) electrons. The van der Waals surface area contributed by atoms with Crippen LogP contribution >= 0.6 is 11.3 Å². The van der Waals surface area contributed by atoms with E-state index in [2.05, 4.69) is 32.0 Å². The number of Topliss-reactive ketones (excluding diaryl/α,β-unsaturated/α-hetero) is 1. The van der Waals surface area contributed by atoms with Gasteiger partial charge in [0.25, 0.3) is 0 Å². The van der Waals surface area contributed by atoms with Crippen molar-refractivity contribution in [1.29, 1.82) is 0 Å². The van der Waals surface area contributed by atoms with E-state index in [1.54, 1.807) is 30.5 Å². The highest BCUT2D eigenvalue weighted by Crippen LogP contribution is 2.35. The summed E-state index contributed by atoms with van der Waals surface area (Å²) in [7, 11) is 0. The SMILES string of the molecule is CCN1CCN(Cc2ccc(CC(=O)c3cccc(-c4cnc5sc(NC(=O)C6CC6)nc5c4)c3)cc2C(F)(F)F)CC1. The molecule has 2 aromatic carbocycles. The highest BCUT2D eigenvalue weighted by molar-refractivity contribution is 7.21. The number of carbonyl (C=O) groups excluding carboxylic acids is 2. The summed E-state index contributed by atoms with van der Waals surface area (Å²) >= 11 is 1.31. The van der Waals surface area contributed by atoms with Gasteiger partial charge in [-0.1, -0.05) is 48.6 Å². The number of hydrogen-bond donors (Lipinski definition) is 1. The zero-order chi connectivity index (χ0) is 30.1. The number of thiazole rings is 1. The fourth-order valence-electron chi connectivity index (χ4n) is 5.39. The summed E-state index contributed by atoms with van der Waals surface area (Å²) in [6.45, 7) is 6.39. The van der Waals surface area contributed by atoms with E-state index in [1.807, 2.05) is 12.1 Å². The molecule has 7 nitrogen and oxygen atoms in total. The molecule has 4 aromatic rings. The van der Waals surface area contributed by atoms with Crippen LogP contribution in [0.5, 0.6) is 0 Å². The van der Waals surface area contributed by atoms with Crippen LogP contribution in [0.4, 0.5) is 18.3 Å². The Morgan fingerprint density at radius 1 is 1.00 bits per heavy atom. The molecule has 0 bridgehead atoms. The smallest absolute Gasteiger partial charge is 0.302 e. The molecule has 0 spiro atoms. The second-order valence-electron chi connectivity index (χ2n) is 11.2. The minimum Gasteiger partial charge on any atom is -0.302 e. The van der Waals surface area contributed by atoms with Crippen molar-refractivity contribution in [3.05, 3.63) is 77.0 Å². The summed E-state index contributed by atoms with van der Waals surface area (Å²) in [5.74, 6) is -0.222. The third kappa shape index (κ3) is 6.95. The third-order valence-corrected chi connectivity index (χ3v) is 8.99. The fraction of sp³-hybridized carbons (Fsp3) is 0.375. The number of likely N-dealkylation sites (N-methyl/N-ethyl adjacent to an activating group) is 1. The Morgan fingerprint density at radius 2 is 1.77 bits per heavy atom. The molecule has 2 aliphatic rings. The Kier molecular flexibility index (Phi) is 8.30. The standard InChI is InChI=1S/C32H32F3N5O2S/c1-2-39-10-12-40(13-11-39)19-24-7-6-20(14-26(24)32(33,34)35)15-28(41)23-5-3-4-22(16-23)25-17-27-30(36-18-25)43-31(37-27)38-29(42)21-8-9-21/h3-7,14,16-18,21H,2,8-13,15,19H2,1H3,(H,37,38,42). The maximum atomic E-state index is 14.1. The van der Waals surface area contributed by atoms with E-state index >= 15 is 0 Å². The molecule has 2 fully saturated rings. The molecule has 224 valence electrons. The molecule has 0 unspecified atom stereocenters. The van der Waals surface area contributed by atoms with Crippen molar-refractivity contribution in [2.24, 2.45) is 5.92 Å². The van der Waals surface area contributed by atoms with Gasteiger partial charge in [-0.15, -0.1) is 0 Å². The van der Waals surface area contributed by atoms with E-state index in [4.69, 9.17) is 0 Å². The molecule has 43 heavy (non-hydrogen) atoms. The summed E-state index contributed by atoms with van der Waals surface area (Å²) in [4.78, 5) is 39.4. The van der Waals surface area contributed by atoms with Crippen molar-refractivity contribution in [3.63, 3.8) is 0 Å². The minimum absolute atomic E-state index is 0.0204. The number of nitrogens with one attached hydrogen (secondary N) is 1. The number of fused-ring (bicyclic) bond motifs is 1. The lowest BCUT2D eigenvalue weighted by molar-refractivity contribution is -0.138. The van der Waals surface area contributed by atoms with Gasteiger partial charge < -0.3 is 10.2 Å². The van der Waals surface area contributed by atoms with Crippen LogP contribution in [0.15, 0.2) is 54.7 Å². The number of ketones is 1. The van der Waals surface area contributed by atoms with Crippen LogP contribution in [-0.2, 0) is 23.9 Å². The molecule has 1 N–H and O–H groups in total. The molecular weight excluding hydrogens is 575 g/mol. The first-order chi connectivity index (χ1) is 20.7. The van der Waals surface area contributed by atoms with E-state index < -0.39 is 11.7 Å². The van der Waals surface area contributed by atoms with Gasteiger partial charge in [-0.2, -0.15) is 13.2 Å². The van der Waals surface area contributed by atoms with Gasteiger partial charge in [0.1, 0.15) is 10.3 Å². The van der Waals surface area contributed by atoms with Crippen molar-refractivity contribution < 1.29 is 22.8 Å². The Hall–Kier alpha value is -3.67.